The van der Waals surface area contributed by atoms with Crippen molar-refractivity contribution in [1.29, 1.82) is 0 Å². The molecule has 1 atom stereocenters. The van der Waals surface area contributed by atoms with Crippen molar-refractivity contribution in [3.8, 4) is 12.3 Å². The number of anilines is 1. The van der Waals surface area contributed by atoms with Gasteiger partial charge in [0.15, 0.2) is 0 Å². The molecule has 1 aromatic rings. The number of halogens is 2. The van der Waals surface area contributed by atoms with Gasteiger partial charge in [-0.15, -0.1) is 12.3 Å². The maximum atomic E-state index is 13.0. The zero-order chi connectivity index (χ0) is 11.7. The number of hydrogen-bond acceptors (Lipinski definition) is 1. The second-order valence-corrected chi connectivity index (χ2v) is 4.08. The van der Waals surface area contributed by atoms with Gasteiger partial charge in [0.05, 0.1) is 5.02 Å². The summed E-state index contributed by atoms with van der Waals surface area (Å²) >= 11 is 5.66. The molecule has 0 spiro atoms. The quantitative estimate of drug-likeness (QED) is 0.687. The van der Waals surface area contributed by atoms with Gasteiger partial charge in [-0.05, 0) is 18.2 Å². The van der Waals surface area contributed by atoms with Crippen LogP contribution in [0.1, 0.15) is 6.42 Å². The molecule has 0 saturated carbocycles. The Balaban J connectivity index is 2.29. The van der Waals surface area contributed by atoms with Gasteiger partial charge < -0.3 is 4.90 Å². The molecule has 4 heteroatoms. The molecule has 16 heavy (non-hydrogen) atoms. The highest BCUT2D eigenvalue weighted by Crippen LogP contribution is 2.28. The Morgan fingerprint density at radius 1 is 1.56 bits per heavy atom. The van der Waals surface area contributed by atoms with Gasteiger partial charge in [0.1, 0.15) is 5.82 Å². The van der Waals surface area contributed by atoms with Crippen LogP contribution in [0.3, 0.4) is 0 Å². The van der Waals surface area contributed by atoms with E-state index in [1.807, 2.05) is 0 Å². The van der Waals surface area contributed by atoms with Crippen LogP contribution < -0.4 is 4.90 Å². The number of terminal acetylenes is 1. The Labute approximate surface area is 98.0 Å². The lowest BCUT2D eigenvalue weighted by molar-refractivity contribution is -0.117. The summed E-state index contributed by atoms with van der Waals surface area (Å²) in [7, 11) is 0. The zero-order valence-corrected chi connectivity index (χ0v) is 9.17. The molecule has 0 bridgehead atoms. The first kappa shape index (κ1) is 11.0. The highest BCUT2D eigenvalue weighted by molar-refractivity contribution is 6.31. The van der Waals surface area contributed by atoms with Gasteiger partial charge in [-0.3, -0.25) is 4.79 Å². The number of rotatable bonds is 1. The fourth-order valence-electron chi connectivity index (χ4n) is 1.72. The van der Waals surface area contributed by atoms with E-state index in [2.05, 4.69) is 5.92 Å². The molecule has 1 saturated heterocycles. The average molecular weight is 238 g/mol. The number of amides is 1. The summed E-state index contributed by atoms with van der Waals surface area (Å²) in [6.07, 6.45) is 5.61. The SMILES string of the molecule is C#CC1CC(=O)N(c2ccc(F)c(Cl)c2)C1. The normalized spacial score (nSPS) is 19.9. The second kappa shape index (κ2) is 4.15. The molecule has 0 radical (unpaired) electrons. The van der Waals surface area contributed by atoms with Crippen molar-refractivity contribution >= 4 is 23.2 Å². The van der Waals surface area contributed by atoms with Crippen molar-refractivity contribution in [2.24, 2.45) is 5.92 Å². The van der Waals surface area contributed by atoms with Crippen LogP contribution in [-0.4, -0.2) is 12.5 Å². The summed E-state index contributed by atoms with van der Waals surface area (Å²) in [6, 6.07) is 4.21. The van der Waals surface area contributed by atoms with E-state index in [1.165, 1.54) is 23.1 Å². The standard InChI is InChI=1S/C12H9ClFNO/c1-2-8-5-12(16)15(7-8)9-3-4-11(14)10(13)6-9/h1,3-4,6,8H,5,7H2. The Morgan fingerprint density at radius 2 is 2.31 bits per heavy atom. The monoisotopic (exact) mass is 237 g/mol. The molecule has 2 nitrogen and oxygen atoms in total. The van der Waals surface area contributed by atoms with Crippen LogP contribution in [0.4, 0.5) is 10.1 Å². The van der Waals surface area contributed by atoms with Crippen LogP contribution in [0.15, 0.2) is 18.2 Å². The minimum Gasteiger partial charge on any atom is -0.311 e. The lowest BCUT2D eigenvalue weighted by Crippen LogP contribution is -2.24. The maximum Gasteiger partial charge on any atom is 0.228 e. The van der Waals surface area contributed by atoms with E-state index in [-0.39, 0.29) is 16.8 Å². The van der Waals surface area contributed by atoms with Crippen molar-refractivity contribution in [2.45, 2.75) is 6.42 Å². The first-order valence-corrected chi connectivity index (χ1v) is 5.21. The summed E-state index contributed by atoms with van der Waals surface area (Å²) in [4.78, 5) is 13.2. The highest BCUT2D eigenvalue weighted by atomic mass is 35.5. The molecule has 82 valence electrons. The van der Waals surface area contributed by atoms with Crippen molar-refractivity contribution in [3.05, 3.63) is 29.0 Å². The van der Waals surface area contributed by atoms with E-state index in [4.69, 9.17) is 18.0 Å². The van der Waals surface area contributed by atoms with Gasteiger partial charge in [0, 0.05) is 24.6 Å². The topological polar surface area (TPSA) is 20.3 Å². The van der Waals surface area contributed by atoms with Crippen molar-refractivity contribution < 1.29 is 9.18 Å². The molecule has 1 unspecified atom stereocenters. The Hall–Kier alpha value is -1.53. The third-order valence-electron chi connectivity index (χ3n) is 2.58. The minimum absolute atomic E-state index is 0.00876. The van der Waals surface area contributed by atoms with Crippen LogP contribution in [0.5, 0.6) is 0 Å². The summed E-state index contributed by atoms with van der Waals surface area (Å²) in [6.45, 7) is 0.470. The maximum absolute atomic E-state index is 13.0. The number of nitrogens with zero attached hydrogens (tertiary/aromatic N) is 1. The van der Waals surface area contributed by atoms with E-state index < -0.39 is 5.82 Å². The highest BCUT2D eigenvalue weighted by Gasteiger charge is 2.29. The molecule has 1 aliphatic heterocycles. The van der Waals surface area contributed by atoms with Crippen LogP contribution in [0.2, 0.25) is 5.02 Å². The van der Waals surface area contributed by atoms with Crippen LogP contribution >= 0.6 is 11.6 Å². The van der Waals surface area contributed by atoms with E-state index >= 15 is 0 Å². The largest absolute Gasteiger partial charge is 0.311 e. The second-order valence-electron chi connectivity index (χ2n) is 3.67. The fraction of sp³-hybridized carbons (Fsp3) is 0.250. The summed E-state index contributed by atoms with van der Waals surface area (Å²) < 4.78 is 13.0. The van der Waals surface area contributed by atoms with Gasteiger partial charge >= 0.3 is 0 Å². The van der Waals surface area contributed by atoms with Gasteiger partial charge in [0.25, 0.3) is 0 Å². The molecule has 1 aliphatic rings. The Morgan fingerprint density at radius 3 is 2.88 bits per heavy atom. The summed E-state index contributed by atoms with van der Waals surface area (Å²) in [5, 5.41) is 0.00876. The molecule has 1 fully saturated rings. The number of benzene rings is 1. The third-order valence-corrected chi connectivity index (χ3v) is 2.87. The zero-order valence-electron chi connectivity index (χ0n) is 8.41. The Kier molecular flexibility index (Phi) is 2.84. The fourth-order valence-corrected chi connectivity index (χ4v) is 1.90. The van der Waals surface area contributed by atoms with Crippen LogP contribution in [0, 0.1) is 24.1 Å². The minimum atomic E-state index is -0.495. The van der Waals surface area contributed by atoms with Crippen molar-refractivity contribution in [2.75, 3.05) is 11.4 Å². The number of carbonyl (C=O) groups excluding carboxylic acids is 1. The van der Waals surface area contributed by atoms with E-state index in [9.17, 15) is 9.18 Å². The van der Waals surface area contributed by atoms with Crippen molar-refractivity contribution in [3.63, 3.8) is 0 Å². The lowest BCUT2D eigenvalue weighted by atomic mass is 10.1. The summed E-state index contributed by atoms with van der Waals surface area (Å²) in [5.74, 6) is 1.93. The molecular weight excluding hydrogens is 229 g/mol. The third kappa shape index (κ3) is 1.89. The molecule has 0 aliphatic carbocycles. The van der Waals surface area contributed by atoms with Gasteiger partial charge in [-0.25, -0.2) is 4.39 Å². The smallest absolute Gasteiger partial charge is 0.228 e. The van der Waals surface area contributed by atoms with Gasteiger partial charge in [0.2, 0.25) is 5.91 Å². The molecule has 2 rings (SSSR count). The van der Waals surface area contributed by atoms with Gasteiger partial charge in [-0.2, -0.15) is 0 Å². The van der Waals surface area contributed by atoms with E-state index in [0.29, 0.717) is 18.7 Å². The molecule has 1 heterocycles. The van der Waals surface area contributed by atoms with Crippen LogP contribution in [0.25, 0.3) is 0 Å². The molecule has 0 aromatic heterocycles. The average Bonchev–Trinajstić information content (AvgIpc) is 2.64. The predicted octanol–water partition coefficient (Wildman–Crippen LogP) is 2.47. The number of hydrogen-bond donors (Lipinski definition) is 0. The first-order chi connectivity index (χ1) is 7.61. The van der Waals surface area contributed by atoms with E-state index in [1.54, 1.807) is 0 Å². The first-order valence-electron chi connectivity index (χ1n) is 4.83. The van der Waals surface area contributed by atoms with Crippen molar-refractivity contribution in [1.82, 2.24) is 0 Å². The lowest BCUT2D eigenvalue weighted by Gasteiger charge is -2.16. The number of carbonyl (C=O) groups is 1. The summed E-state index contributed by atoms with van der Waals surface area (Å²) in [5.41, 5.74) is 0.592. The molecule has 0 N–H and O–H groups in total. The molecule has 1 amide bonds. The van der Waals surface area contributed by atoms with Gasteiger partial charge in [-0.1, -0.05) is 11.6 Å². The Bertz CT molecular complexity index is 480. The predicted molar refractivity (Wildman–Crippen MR) is 60.7 cm³/mol. The van der Waals surface area contributed by atoms with Crippen LogP contribution in [-0.2, 0) is 4.79 Å². The molecular formula is C12H9ClFNO. The van der Waals surface area contributed by atoms with E-state index in [0.717, 1.165) is 0 Å². The molecule has 1 aromatic carbocycles.